The minimum Gasteiger partial charge on any atom is -0.351 e. The number of rotatable bonds is 2. The van der Waals surface area contributed by atoms with Crippen LogP contribution in [-0.2, 0) is 11.0 Å². The molecule has 1 N–H and O–H groups in total. The zero-order valence-electron chi connectivity index (χ0n) is 17.0. The SMILES string of the molecule is Cc1cnc(C(=O)N2[C@H](c3cccc(C(F)(F)F)c3)C[C@H]3NC(=O)CCCC[C@@H]32)cn1. The summed E-state index contributed by atoms with van der Waals surface area (Å²) in [6.45, 7) is 1.75. The number of carbonyl (C=O) groups is 2. The molecule has 2 saturated heterocycles. The van der Waals surface area contributed by atoms with Gasteiger partial charge in [-0.3, -0.25) is 14.6 Å². The van der Waals surface area contributed by atoms with Crippen molar-refractivity contribution in [2.24, 2.45) is 0 Å². The van der Waals surface area contributed by atoms with E-state index in [0.29, 0.717) is 36.9 Å². The first-order valence-corrected chi connectivity index (χ1v) is 10.3. The molecule has 0 unspecified atom stereocenters. The maximum atomic E-state index is 13.4. The van der Waals surface area contributed by atoms with Crippen LogP contribution in [0, 0.1) is 6.92 Å². The Hall–Kier alpha value is -2.97. The van der Waals surface area contributed by atoms with Crippen molar-refractivity contribution in [2.45, 2.75) is 63.3 Å². The Kier molecular flexibility index (Phi) is 5.68. The number of nitrogens with one attached hydrogen (secondary N) is 1. The van der Waals surface area contributed by atoms with Gasteiger partial charge in [0.2, 0.25) is 5.91 Å². The summed E-state index contributed by atoms with van der Waals surface area (Å²) in [6, 6.07) is 3.81. The van der Waals surface area contributed by atoms with Crippen molar-refractivity contribution < 1.29 is 22.8 Å². The van der Waals surface area contributed by atoms with Crippen LogP contribution in [0.15, 0.2) is 36.7 Å². The molecule has 1 aromatic heterocycles. The van der Waals surface area contributed by atoms with Gasteiger partial charge in [0, 0.05) is 12.6 Å². The number of aromatic nitrogens is 2. The molecule has 0 aliphatic carbocycles. The Labute approximate surface area is 177 Å². The predicted molar refractivity (Wildman–Crippen MR) is 106 cm³/mol. The molecule has 6 nitrogen and oxygen atoms in total. The number of benzene rings is 1. The number of alkyl halides is 3. The van der Waals surface area contributed by atoms with Gasteiger partial charge in [0.05, 0.1) is 35.6 Å². The van der Waals surface area contributed by atoms with Crippen LogP contribution < -0.4 is 5.32 Å². The minimum atomic E-state index is -4.48. The van der Waals surface area contributed by atoms with Gasteiger partial charge in [-0.1, -0.05) is 18.6 Å². The van der Waals surface area contributed by atoms with Crippen LogP contribution in [-0.4, -0.2) is 38.8 Å². The van der Waals surface area contributed by atoms with Crippen molar-refractivity contribution in [1.82, 2.24) is 20.2 Å². The molecule has 3 atom stereocenters. The molecule has 1 aromatic carbocycles. The quantitative estimate of drug-likeness (QED) is 0.783. The van der Waals surface area contributed by atoms with E-state index < -0.39 is 23.7 Å². The first kappa shape index (κ1) is 21.3. The highest BCUT2D eigenvalue weighted by atomic mass is 19.4. The van der Waals surface area contributed by atoms with Crippen LogP contribution in [0.1, 0.15) is 65.5 Å². The van der Waals surface area contributed by atoms with E-state index in [1.807, 2.05) is 0 Å². The van der Waals surface area contributed by atoms with Crippen molar-refractivity contribution >= 4 is 11.8 Å². The Bertz CT molecular complexity index is 977. The van der Waals surface area contributed by atoms with Gasteiger partial charge < -0.3 is 10.2 Å². The van der Waals surface area contributed by atoms with Gasteiger partial charge in [-0.2, -0.15) is 13.2 Å². The third kappa shape index (κ3) is 4.40. The molecule has 2 amide bonds. The number of hydrogen-bond donors (Lipinski definition) is 1. The topological polar surface area (TPSA) is 75.2 Å². The first-order valence-electron chi connectivity index (χ1n) is 10.3. The second kappa shape index (κ2) is 8.28. The lowest BCUT2D eigenvalue weighted by atomic mass is 9.97. The van der Waals surface area contributed by atoms with Gasteiger partial charge in [0.15, 0.2) is 0 Å². The van der Waals surface area contributed by atoms with Crippen LogP contribution in [0.5, 0.6) is 0 Å². The molecule has 164 valence electrons. The molecule has 0 saturated carbocycles. The van der Waals surface area contributed by atoms with Gasteiger partial charge in [0.25, 0.3) is 5.91 Å². The van der Waals surface area contributed by atoms with E-state index in [1.54, 1.807) is 17.9 Å². The Morgan fingerprint density at radius 1 is 1.19 bits per heavy atom. The van der Waals surface area contributed by atoms with E-state index in [0.717, 1.165) is 18.6 Å². The lowest BCUT2D eigenvalue weighted by Gasteiger charge is -2.33. The summed E-state index contributed by atoms with van der Waals surface area (Å²) in [4.78, 5) is 35.6. The number of carbonyl (C=O) groups excluding carboxylic acids is 2. The minimum absolute atomic E-state index is 0.0954. The largest absolute Gasteiger partial charge is 0.416 e. The van der Waals surface area contributed by atoms with Crippen molar-refractivity contribution in [1.29, 1.82) is 0 Å². The first-order chi connectivity index (χ1) is 14.7. The molecule has 2 aliphatic heterocycles. The fourth-order valence-corrected chi connectivity index (χ4v) is 4.50. The lowest BCUT2D eigenvalue weighted by Crippen LogP contribution is -2.48. The second-order valence-electron chi connectivity index (χ2n) is 8.12. The molecule has 4 rings (SSSR count). The highest BCUT2D eigenvalue weighted by Gasteiger charge is 2.46. The van der Waals surface area contributed by atoms with Crippen LogP contribution in [0.4, 0.5) is 13.2 Å². The van der Waals surface area contributed by atoms with Crippen LogP contribution >= 0.6 is 0 Å². The van der Waals surface area contributed by atoms with E-state index in [4.69, 9.17) is 0 Å². The second-order valence-corrected chi connectivity index (χ2v) is 8.12. The van der Waals surface area contributed by atoms with E-state index >= 15 is 0 Å². The van der Waals surface area contributed by atoms with Gasteiger partial charge in [-0.05, 0) is 43.9 Å². The Morgan fingerprint density at radius 3 is 2.71 bits per heavy atom. The molecule has 3 heterocycles. The third-order valence-electron chi connectivity index (χ3n) is 5.97. The lowest BCUT2D eigenvalue weighted by molar-refractivity contribution is -0.137. The Balaban J connectivity index is 1.75. The summed E-state index contributed by atoms with van der Waals surface area (Å²) in [5, 5.41) is 2.98. The molecule has 0 radical (unpaired) electrons. The monoisotopic (exact) mass is 432 g/mol. The highest BCUT2D eigenvalue weighted by molar-refractivity contribution is 5.93. The number of amides is 2. The van der Waals surface area contributed by atoms with Crippen molar-refractivity contribution in [3.63, 3.8) is 0 Å². The number of fused-ring (bicyclic) bond motifs is 1. The fraction of sp³-hybridized carbons (Fsp3) is 0.455. The fourth-order valence-electron chi connectivity index (χ4n) is 4.50. The molecule has 2 aliphatic rings. The van der Waals surface area contributed by atoms with E-state index in [1.165, 1.54) is 18.5 Å². The summed E-state index contributed by atoms with van der Waals surface area (Å²) in [5.41, 5.74) is 0.422. The highest BCUT2D eigenvalue weighted by Crippen LogP contribution is 2.41. The number of aryl methyl sites for hydroxylation is 1. The van der Waals surface area contributed by atoms with Gasteiger partial charge >= 0.3 is 6.18 Å². The maximum absolute atomic E-state index is 13.4. The zero-order chi connectivity index (χ0) is 22.2. The normalized spacial score (nSPS) is 24.2. The molecule has 2 fully saturated rings. The number of hydrogen-bond acceptors (Lipinski definition) is 4. The van der Waals surface area contributed by atoms with Crippen molar-refractivity contribution in [3.8, 4) is 0 Å². The Morgan fingerprint density at radius 2 is 2.00 bits per heavy atom. The van der Waals surface area contributed by atoms with Crippen molar-refractivity contribution in [2.75, 3.05) is 0 Å². The smallest absolute Gasteiger partial charge is 0.351 e. The van der Waals surface area contributed by atoms with Gasteiger partial charge in [-0.15, -0.1) is 0 Å². The molecule has 0 spiro atoms. The third-order valence-corrected chi connectivity index (χ3v) is 5.97. The number of nitrogens with zero attached hydrogens (tertiary/aromatic N) is 3. The number of halogens is 3. The van der Waals surface area contributed by atoms with Gasteiger partial charge in [-0.25, -0.2) is 4.98 Å². The van der Waals surface area contributed by atoms with Crippen LogP contribution in [0.25, 0.3) is 0 Å². The average Bonchev–Trinajstić information content (AvgIpc) is 3.06. The summed E-state index contributed by atoms with van der Waals surface area (Å²) < 4.78 is 39.9. The molecular formula is C22H23F3N4O2. The molecule has 0 bridgehead atoms. The van der Waals surface area contributed by atoms with Gasteiger partial charge in [0.1, 0.15) is 5.69 Å². The summed E-state index contributed by atoms with van der Waals surface area (Å²) in [7, 11) is 0. The van der Waals surface area contributed by atoms with Crippen molar-refractivity contribution in [3.05, 3.63) is 59.2 Å². The standard InChI is InChI=1S/C22H23F3N4O2/c1-13-11-27-17(12-26-13)21(31)29-18-7-2-3-8-20(30)28-16(18)10-19(29)14-5-4-6-15(9-14)22(23,24)25/h4-6,9,11-12,16,18-19H,2-3,7-8,10H2,1H3,(H,28,30)/t16-,18+,19+/m1/s1. The average molecular weight is 432 g/mol. The summed E-state index contributed by atoms with van der Waals surface area (Å²) in [6.07, 6.45) is 1.27. The molecule has 31 heavy (non-hydrogen) atoms. The summed E-state index contributed by atoms with van der Waals surface area (Å²) >= 11 is 0. The molecule has 2 aromatic rings. The molecular weight excluding hydrogens is 409 g/mol. The van der Waals surface area contributed by atoms with E-state index in [2.05, 4.69) is 15.3 Å². The van der Waals surface area contributed by atoms with E-state index in [-0.39, 0.29) is 23.7 Å². The predicted octanol–water partition coefficient (Wildman–Crippen LogP) is 3.82. The van der Waals surface area contributed by atoms with Crippen LogP contribution in [0.3, 0.4) is 0 Å². The molecule has 9 heteroatoms. The zero-order valence-corrected chi connectivity index (χ0v) is 17.0. The summed E-state index contributed by atoms with van der Waals surface area (Å²) in [5.74, 6) is -0.487. The van der Waals surface area contributed by atoms with Crippen LogP contribution in [0.2, 0.25) is 0 Å². The number of likely N-dealkylation sites (tertiary alicyclic amines) is 1. The van der Waals surface area contributed by atoms with E-state index in [9.17, 15) is 22.8 Å². The maximum Gasteiger partial charge on any atom is 0.416 e.